The zero-order valence-corrected chi connectivity index (χ0v) is 14.8. The van der Waals surface area contributed by atoms with Gasteiger partial charge in [-0.15, -0.1) is 0 Å². The molecule has 3 aliphatic rings. The van der Waals surface area contributed by atoms with Gasteiger partial charge in [0, 0.05) is 18.0 Å². The second kappa shape index (κ2) is 6.13. The number of amides is 3. The summed E-state index contributed by atoms with van der Waals surface area (Å²) < 4.78 is 0. The molecule has 5 rings (SSSR count). The van der Waals surface area contributed by atoms with Crippen molar-refractivity contribution < 1.29 is 14.4 Å². The highest BCUT2D eigenvalue weighted by Crippen LogP contribution is 2.42. The van der Waals surface area contributed by atoms with E-state index in [1.54, 1.807) is 17.2 Å². The minimum atomic E-state index is -0.657. The first-order valence-corrected chi connectivity index (χ1v) is 9.45. The summed E-state index contributed by atoms with van der Waals surface area (Å²) in [5.41, 5.74) is 3.36. The molecule has 2 aromatic rings. The number of pyridine rings is 1. The van der Waals surface area contributed by atoms with E-state index in [2.05, 4.69) is 15.6 Å². The number of carbonyl (C=O) groups is 3. The number of nitrogens with one attached hydrogen (secondary N) is 2. The molecular weight excluding hydrogens is 344 g/mol. The highest BCUT2D eigenvalue weighted by atomic mass is 16.2. The molecule has 0 bridgehead atoms. The summed E-state index contributed by atoms with van der Waals surface area (Å²) in [6.45, 7) is 1.96. The van der Waals surface area contributed by atoms with E-state index in [4.69, 9.17) is 0 Å². The fourth-order valence-corrected chi connectivity index (χ4v) is 4.59. The molecule has 2 saturated heterocycles. The first kappa shape index (κ1) is 16.4. The SMILES string of the molecule is O=C1CCC(N2C(=O)c3ccc(C4CCNCC4)c4nccc2c34)C(=O)N1. The number of rotatable bonds is 2. The largest absolute Gasteiger partial charge is 0.317 e. The molecule has 0 aliphatic carbocycles. The summed E-state index contributed by atoms with van der Waals surface area (Å²) in [5.74, 6) is -0.457. The normalized spacial score (nSPS) is 23.2. The van der Waals surface area contributed by atoms with Crippen molar-refractivity contribution >= 4 is 34.3 Å². The number of aromatic nitrogens is 1. The summed E-state index contributed by atoms with van der Waals surface area (Å²) in [6.07, 6.45) is 4.39. The van der Waals surface area contributed by atoms with Crippen LogP contribution in [0.4, 0.5) is 5.69 Å². The molecule has 7 heteroatoms. The van der Waals surface area contributed by atoms with Crippen LogP contribution in [0.15, 0.2) is 24.4 Å². The topological polar surface area (TPSA) is 91.4 Å². The Balaban J connectivity index is 1.62. The van der Waals surface area contributed by atoms with Crippen molar-refractivity contribution in [3.8, 4) is 0 Å². The molecule has 1 aromatic heterocycles. The Morgan fingerprint density at radius 3 is 2.63 bits per heavy atom. The van der Waals surface area contributed by atoms with Gasteiger partial charge in [-0.25, -0.2) is 0 Å². The Morgan fingerprint density at radius 1 is 1.04 bits per heavy atom. The molecule has 1 aromatic carbocycles. The average Bonchev–Trinajstić information content (AvgIpc) is 2.97. The van der Waals surface area contributed by atoms with Crippen molar-refractivity contribution in [2.45, 2.75) is 37.6 Å². The van der Waals surface area contributed by atoms with Gasteiger partial charge in [0.25, 0.3) is 5.91 Å². The van der Waals surface area contributed by atoms with Crippen LogP contribution < -0.4 is 15.5 Å². The number of carbonyl (C=O) groups excluding carboxylic acids is 3. The third kappa shape index (κ3) is 2.45. The molecule has 0 radical (unpaired) electrons. The van der Waals surface area contributed by atoms with E-state index in [1.807, 2.05) is 12.1 Å². The van der Waals surface area contributed by atoms with Crippen LogP contribution in [-0.2, 0) is 9.59 Å². The first-order valence-electron chi connectivity index (χ1n) is 9.45. The lowest BCUT2D eigenvalue weighted by Gasteiger charge is -2.30. The highest BCUT2D eigenvalue weighted by molar-refractivity contribution is 6.27. The minimum absolute atomic E-state index is 0.186. The Hall–Kier alpha value is -2.80. The van der Waals surface area contributed by atoms with Crippen molar-refractivity contribution in [3.05, 3.63) is 35.5 Å². The molecule has 2 N–H and O–H groups in total. The molecule has 0 saturated carbocycles. The van der Waals surface area contributed by atoms with Crippen molar-refractivity contribution in [1.29, 1.82) is 0 Å². The van der Waals surface area contributed by atoms with E-state index >= 15 is 0 Å². The summed E-state index contributed by atoms with van der Waals surface area (Å²) in [7, 11) is 0. The summed E-state index contributed by atoms with van der Waals surface area (Å²) in [6, 6.07) is 5.04. The van der Waals surface area contributed by atoms with Gasteiger partial charge in [0.2, 0.25) is 11.8 Å². The van der Waals surface area contributed by atoms with Crippen molar-refractivity contribution in [1.82, 2.24) is 15.6 Å². The Labute approximate surface area is 156 Å². The molecule has 138 valence electrons. The second-order valence-corrected chi connectivity index (χ2v) is 7.42. The molecule has 0 spiro atoms. The maximum Gasteiger partial charge on any atom is 0.259 e. The quantitative estimate of drug-likeness (QED) is 0.788. The predicted octanol–water partition coefficient (Wildman–Crippen LogP) is 1.47. The van der Waals surface area contributed by atoms with Crippen LogP contribution in [-0.4, -0.2) is 41.8 Å². The van der Waals surface area contributed by atoms with Gasteiger partial charge in [0.1, 0.15) is 6.04 Å². The van der Waals surface area contributed by atoms with Crippen LogP contribution in [0.2, 0.25) is 0 Å². The van der Waals surface area contributed by atoms with Gasteiger partial charge in [-0.05, 0) is 56.0 Å². The lowest BCUT2D eigenvalue weighted by Crippen LogP contribution is -2.53. The summed E-state index contributed by atoms with van der Waals surface area (Å²) in [4.78, 5) is 43.1. The van der Waals surface area contributed by atoms with E-state index in [9.17, 15) is 14.4 Å². The van der Waals surface area contributed by atoms with Gasteiger partial charge in [-0.1, -0.05) is 6.07 Å². The van der Waals surface area contributed by atoms with E-state index in [1.165, 1.54) is 5.56 Å². The zero-order valence-electron chi connectivity index (χ0n) is 14.8. The number of imide groups is 1. The zero-order chi connectivity index (χ0) is 18.5. The monoisotopic (exact) mass is 364 g/mol. The highest BCUT2D eigenvalue weighted by Gasteiger charge is 2.41. The third-order valence-electron chi connectivity index (χ3n) is 5.91. The van der Waals surface area contributed by atoms with Crippen LogP contribution >= 0.6 is 0 Å². The number of hydrogen-bond acceptors (Lipinski definition) is 5. The molecule has 1 atom stereocenters. The van der Waals surface area contributed by atoms with Gasteiger partial charge in [0.05, 0.1) is 16.8 Å². The van der Waals surface area contributed by atoms with Crippen molar-refractivity contribution in [2.24, 2.45) is 0 Å². The van der Waals surface area contributed by atoms with Crippen LogP contribution in [0.3, 0.4) is 0 Å². The van der Waals surface area contributed by atoms with E-state index in [0.717, 1.165) is 42.5 Å². The van der Waals surface area contributed by atoms with Crippen LogP contribution in [0.25, 0.3) is 10.9 Å². The van der Waals surface area contributed by atoms with Crippen LogP contribution in [0.5, 0.6) is 0 Å². The van der Waals surface area contributed by atoms with Crippen molar-refractivity contribution in [3.63, 3.8) is 0 Å². The molecule has 2 fully saturated rings. The summed E-state index contributed by atoms with van der Waals surface area (Å²) >= 11 is 0. The van der Waals surface area contributed by atoms with Crippen LogP contribution in [0.1, 0.15) is 47.5 Å². The van der Waals surface area contributed by atoms with Gasteiger partial charge in [-0.3, -0.25) is 29.6 Å². The fourth-order valence-electron chi connectivity index (χ4n) is 4.59. The van der Waals surface area contributed by atoms with Gasteiger partial charge in [0.15, 0.2) is 0 Å². The lowest BCUT2D eigenvalue weighted by molar-refractivity contribution is -0.134. The molecule has 7 nitrogen and oxygen atoms in total. The smallest absolute Gasteiger partial charge is 0.259 e. The predicted molar refractivity (Wildman–Crippen MR) is 99.6 cm³/mol. The van der Waals surface area contributed by atoms with E-state index in [0.29, 0.717) is 17.9 Å². The van der Waals surface area contributed by atoms with Crippen LogP contribution in [0, 0.1) is 0 Å². The maximum absolute atomic E-state index is 13.1. The number of hydrogen-bond donors (Lipinski definition) is 2. The number of benzene rings is 1. The molecule has 4 heterocycles. The molecular formula is C20H20N4O3. The number of nitrogens with zero attached hydrogens (tertiary/aromatic N) is 2. The average molecular weight is 364 g/mol. The van der Waals surface area contributed by atoms with E-state index < -0.39 is 11.9 Å². The minimum Gasteiger partial charge on any atom is -0.317 e. The Bertz CT molecular complexity index is 981. The summed E-state index contributed by atoms with van der Waals surface area (Å²) in [5, 5.41) is 6.57. The maximum atomic E-state index is 13.1. The Kier molecular flexibility index (Phi) is 3.72. The van der Waals surface area contributed by atoms with E-state index in [-0.39, 0.29) is 18.2 Å². The molecule has 3 aliphatic heterocycles. The lowest BCUT2D eigenvalue weighted by atomic mass is 9.88. The molecule has 3 amide bonds. The molecule has 27 heavy (non-hydrogen) atoms. The standard InChI is InChI=1S/C20H20N4O3/c25-16-4-3-15(19(26)23-16)24-14-7-10-22-18-12(11-5-8-21-9-6-11)1-2-13(17(14)18)20(24)27/h1-2,7,10-11,15,21H,3-6,8-9H2,(H,23,25,26). The third-order valence-corrected chi connectivity index (χ3v) is 5.91. The van der Waals surface area contributed by atoms with Gasteiger partial charge >= 0.3 is 0 Å². The number of anilines is 1. The Morgan fingerprint density at radius 2 is 1.85 bits per heavy atom. The fraction of sp³-hybridized carbons (Fsp3) is 0.400. The number of piperidine rings is 2. The van der Waals surface area contributed by atoms with Gasteiger partial charge < -0.3 is 5.32 Å². The first-order chi connectivity index (χ1) is 13.1. The van der Waals surface area contributed by atoms with Gasteiger partial charge in [-0.2, -0.15) is 0 Å². The molecule has 1 unspecified atom stereocenters. The van der Waals surface area contributed by atoms with Crippen molar-refractivity contribution in [2.75, 3.05) is 18.0 Å². The second-order valence-electron chi connectivity index (χ2n) is 7.42.